The summed E-state index contributed by atoms with van der Waals surface area (Å²) in [6.07, 6.45) is 3.77. The first-order chi connectivity index (χ1) is 15.9. The quantitative estimate of drug-likeness (QED) is 0.421. The third-order valence-electron chi connectivity index (χ3n) is 5.73. The van der Waals surface area contributed by atoms with E-state index in [1.807, 2.05) is 6.92 Å². The van der Waals surface area contributed by atoms with Gasteiger partial charge >= 0.3 is 0 Å². The van der Waals surface area contributed by atoms with Gasteiger partial charge < -0.3 is 25.3 Å². The maximum Gasteiger partial charge on any atom is 0.236 e. The molecule has 1 aliphatic carbocycles. The Kier molecular flexibility index (Phi) is 7.02. The largest absolute Gasteiger partial charge is 0.493 e. The molecular formula is C21H31N9O3. The summed E-state index contributed by atoms with van der Waals surface area (Å²) in [6.45, 7) is 5.43. The van der Waals surface area contributed by atoms with E-state index in [0.717, 1.165) is 39.0 Å². The normalized spacial score (nSPS) is 16.6. The molecule has 4 N–H and O–H groups in total. The van der Waals surface area contributed by atoms with Crippen molar-refractivity contribution in [1.82, 2.24) is 35.1 Å². The van der Waals surface area contributed by atoms with Crippen molar-refractivity contribution in [3.63, 3.8) is 0 Å². The molecule has 2 fully saturated rings. The first-order valence-corrected chi connectivity index (χ1v) is 11.4. The summed E-state index contributed by atoms with van der Waals surface area (Å²) in [7, 11) is 2.08. The molecule has 2 aliphatic rings. The molecule has 0 spiro atoms. The SMILES string of the molecule is CCc1nc(Nc2nc(O)c(CCCC(=O)NC3CC3)c(O)n2)nc(N2CCN(C)CC2)n1. The number of hydrogen-bond acceptors (Lipinski definition) is 11. The topological polar surface area (TPSA) is 153 Å². The van der Waals surface area contributed by atoms with Crippen LogP contribution < -0.4 is 15.5 Å². The molecule has 1 saturated carbocycles. The van der Waals surface area contributed by atoms with Crippen molar-refractivity contribution in [2.45, 2.75) is 51.5 Å². The monoisotopic (exact) mass is 457 g/mol. The van der Waals surface area contributed by atoms with Crippen LogP contribution >= 0.6 is 0 Å². The number of anilines is 3. The molecule has 0 atom stereocenters. The molecule has 0 radical (unpaired) electrons. The van der Waals surface area contributed by atoms with Gasteiger partial charge in [-0.2, -0.15) is 24.9 Å². The molecule has 1 saturated heterocycles. The molecule has 1 aliphatic heterocycles. The van der Waals surface area contributed by atoms with Gasteiger partial charge in [0.05, 0.1) is 5.56 Å². The predicted molar refractivity (Wildman–Crippen MR) is 122 cm³/mol. The van der Waals surface area contributed by atoms with E-state index in [0.29, 0.717) is 37.1 Å². The number of aromatic hydroxyl groups is 2. The summed E-state index contributed by atoms with van der Waals surface area (Å²) in [5.41, 5.74) is 0.211. The number of carbonyl (C=O) groups is 1. The summed E-state index contributed by atoms with van der Waals surface area (Å²) >= 11 is 0. The minimum absolute atomic E-state index is 0.0159. The summed E-state index contributed by atoms with van der Waals surface area (Å²) < 4.78 is 0. The lowest BCUT2D eigenvalue weighted by Crippen LogP contribution is -2.45. The molecular weight excluding hydrogens is 426 g/mol. The van der Waals surface area contributed by atoms with E-state index in [4.69, 9.17) is 0 Å². The Hall–Kier alpha value is -3.28. The Labute approximate surface area is 192 Å². The Bertz CT molecular complexity index is 968. The van der Waals surface area contributed by atoms with Gasteiger partial charge in [-0.25, -0.2) is 0 Å². The first kappa shape index (κ1) is 22.9. The number of rotatable bonds is 9. The van der Waals surface area contributed by atoms with E-state index in [1.165, 1.54) is 0 Å². The smallest absolute Gasteiger partial charge is 0.236 e. The van der Waals surface area contributed by atoms with Crippen molar-refractivity contribution in [3.8, 4) is 11.8 Å². The average molecular weight is 458 g/mol. The van der Waals surface area contributed by atoms with Crippen molar-refractivity contribution >= 4 is 23.8 Å². The lowest BCUT2D eigenvalue weighted by molar-refractivity contribution is -0.121. The number of carbonyl (C=O) groups excluding carboxylic acids is 1. The molecule has 1 amide bonds. The van der Waals surface area contributed by atoms with Crippen molar-refractivity contribution < 1.29 is 15.0 Å². The average Bonchev–Trinajstić information content (AvgIpc) is 3.60. The molecule has 12 nitrogen and oxygen atoms in total. The van der Waals surface area contributed by atoms with Gasteiger partial charge in [-0.05, 0) is 32.7 Å². The van der Waals surface area contributed by atoms with Crippen LogP contribution in [0, 0.1) is 0 Å². The number of piperazine rings is 1. The van der Waals surface area contributed by atoms with Gasteiger partial charge in [-0.1, -0.05) is 6.92 Å². The third-order valence-corrected chi connectivity index (χ3v) is 5.73. The van der Waals surface area contributed by atoms with Crippen LogP contribution in [0.15, 0.2) is 0 Å². The van der Waals surface area contributed by atoms with Crippen molar-refractivity contribution in [3.05, 3.63) is 11.4 Å². The van der Waals surface area contributed by atoms with Crippen molar-refractivity contribution in [1.29, 1.82) is 0 Å². The van der Waals surface area contributed by atoms with E-state index >= 15 is 0 Å². The third kappa shape index (κ3) is 6.15. The Morgan fingerprint density at radius 2 is 1.67 bits per heavy atom. The fourth-order valence-electron chi connectivity index (χ4n) is 3.56. The number of likely N-dealkylation sites (N-methyl/N-ethyl adjacent to an activating group) is 1. The van der Waals surface area contributed by atoms with Crippen LogP contribution in [0.5, 0.6) is 11.8 Å². The van der Waals surface area contributed by atoms with Gasteiger partial charge in [0.15, 0.2) is 0 Å². The standard InChI is InChI=1S/C21H31N9O3/c1-3-15-23-19(28-21(24-15)30-11-9-29(2)10-12-30)27-20-25-17(32)14(18(33)26-20)5-4-6-16(31)22-13-7-8-13/h13H,3-12H2,1-2H3,(H,22,31)(H3,23,24,25,26,27,28,32,33). The first-order valence-electron chi connectivity index (χ1n) is 11.4. The number of aryl methyl sites for hydroxylation is 1. The van der Waals surface area contributed by atoms with Crippen LogP contribution in [-0.2, 0) is 17.6 Å². The summed E-state index contributed by atoms with van der Waals surface area (Å²) in [5, 5.41) is 26.5. The Morgan fingerprint density at radius 1 is 1.00 bits per heavy atom. The van der Waals surface area contributed by atoms with E-state index in [1.54, 1.807) is 0 Å². The van der Waals surface area contributed by atoms with E-state index in [9.17, 15) is 15.0 Å². The second-order valence-electron chi connectivity index (χ2n) is 8.51. The van der Waals surface area contributed by atoms with Gasteiger partial charge in [0.2, 0.25) is 35.5 Å². The van der Waals surface area contributed by atoms with Gasteiger partial charge in [0.1, 0.15) is 5.82 Å². The lowest BCUT2D eigenvalue weighted by Gasteiger charge is -2.32. The second-order valence-corrected chi connectivity index (χ2v) is 8.51. The van der Waals surface area contributed by atoms with Gasteiger partial charge in [0.25, 0.3) is 0 Å². The maximum absolute atomic E-state index is 11.8. The highest BCUT2D eigenvalue weighted by molar-refractivity contribution is 5.76. The molecule has 178 valence electrons. The summed E-state index contributed by atoms with van der Waals surface area (Å²) in [4.78, 5) is 37.7. The zero-order valence-electron chi connectivity index (χ0n) is 19.1. The Balaban J connectivity index is 1.42. The highest BCUT2D eigenvalue weighted by Gasteiger charge is 2.23. The molecule has 4 rings (SSSR count). The van der Waals surface area contributed by atoms with Crippen LogP contribution in [0.4, 0.5) is 17.8 Å². The highest BCUT2D eigenvalue weighted by Crippen LogP contribution is 2.27. The molecule has 3 heterocycles. The van der Waals surface area contributed by atoms with Gasteiger partial charge in [-0.3, -0.25) is 10.1 Å². The number of aromatic nitrogens is 5. The van der Waals surface area contributed by atoms with Crippen molar-refractivity contribution in [2.75, 3.05) is 43.4 Å². The zero-order chi connectivity index (χ0) is 23.4. The lowest BCUT2D eigenvalue weighted by atomic mass is 10.1. The van der Waals surface area contributed by atoms with E-state index in [-0.39, 0.29) is 41.5 Å². The van der Waals surface area contributed by atoms with Crippen LogP contribution in [0.25, 0.3) is 0 Å². The molecule has 0 aromatic carbocycles. The minimum Gasteiger partial charge on any atom is -0.493 e. The molecule has 0 unspecified atom stereocenters. The van der Waals surface area contributed by atoms with Gasteiger partial charge in [-0.15, -0.1) is 0 Å². The number of nitrogens with one attached hydrogen (secondary N) is 2. The van der Waals surface area contributed by atoms with Crippen LogP contribution in [0.1, 0.15) is 44.0 Å². The molecule has 0 bridgehead atoms. The summed E-state index contributed by atoms with van der Waals surface area (Å²) in [5.74, 6) is 0.738. The van der Waals surface area contributed by atoms with Crippen LogP contribution in [-0.4, -0.2) is 85.2 Å². The molecule has 12 heteroatoms. The van der Waals surface area contributed by atoms with E-state index < -0.39 is 0 Å². The zero-order valence-corrected chi connectivity index (χ0v) is 19.1. The fourth-order valence-corrected chi connectivity index (χ4v) is 3.56. The van der Waals surface area contributed by atoms with E-state index in [2.05, 4.69) is 52.4 Å². The second kappa shape index (κ2) is 10.1. The molecule has 2 aromatic rings. The van der Waals surface area contributed by atoms with Crippen LogP contribution in [0.2, 0.25) is 0 Å². The highest BCUT2D eigenvalue weighted by atomic mass is 16.3. The fraction of sp³-hybridized carbons (Fsp3) is 0.619. The number of nitrogens with zero attached hydrogens (tertiary/aromatic N) is 7. The number of amides is 1. The minimum atomic E-state index is -0.336. The van der Waals surface area contributed by atoms with Gasteiger partial charge in [0, 0.05) is 45.1 Å². The number of hydrogen-bond donors (Lipinski definition) is 4. The molecule has 2 aromatic heterocycles. The maximum atomic E-state index is 11.8. The Morgan fingerprint density at radius 3 is 2.30 bits per heavy atom. The van der Waals surface area contributed by atoms with Crippen molar-refractivity contribution in [2.24, 2.45) is 0 Å². The summed E-state index contributed by atoms with van der Waals surface area (Å²) in [6, 6.07) is 0.313. The predicted octanol–water partition coefficient (Wildman–Crippen LogP) is 0.732. The van der Waals surface area contributed by atoms with Crippen LogP contribution in [0.3, 0.4) is 0 Å². The molecule has 33 heavy (non-hydrogen) atoms.